The first kappa shape index (κ1) is 15.8. The van der Waals surface area contributed by atoms with Crippen molar-refractivity contribution >= 4 is 11.0 Å². The third kappa shape index (κ3) is 2.58. The van der Waals surface area contributed by atoms with Crippen LogP contribution in [0.25, 0.3) is 32.7 Å². The van der Waals surface area contributed by atoms with Crippen molar-refractivity contribution in [3.05, 3.63) is 83.7 Å². The van der Waals surface area contributed by atoms with E-state index >= 15 is 0 Å². The van der Waals surface area contributed by atoms with E-state index in [2.05, 4.69) is 19.9 Å². The summed E-state index contributed by atoms with van der Waals surface area (Å²) in [6, 6.07) is 6.90. The number of halogens is 2. The standard InChI is InChI=1S/C19H11F2N5/c1-22-9-12-4-6-23-10-15(12)14-5-7-24-19-16(14)11-25-26(19)18-3-2-13(20)8-17(18)21/h2-8,10-11H,9H2. The molecule has 0 N–H and O–H groups in total. The van der Waals surface area contributed by atoms with Gasteiger partial charge in [-0.2, -0.15) is 5.10 Å². The van der Waals surface area contributed by atoms with E-state index in [-0.39, 0.29) is 12.2 Å². The summed E-state index contributed by atoms with van der Waals surface area (Å²) in [6.07, 6.45) is 6.49. The van der Waals surface area contributed by atoms with Crippen molar-refractivity contribution in [3.63, 3.8) is 0 Å². The quantitative estimate of drug-likeness (QED) is 0.522. The first-order chi connectivity index (χ1) is 12.7. The summed E-state index contributed by atoms with van der Waals surface area (Å²) < 4.78 is 28.7. The Morgan fingerprint density at radius 3 is 2.73 bits per heavy atom. The molecule has 1 aromatic carbocycles. The van der Waals surface area contributed by atoms with E-state index < -0.39 is 11.6 Å². The predicted molar refractivity (Wildman–Crippen MR) is 92.3 cm³/mol. The maximum absolute atomic E-state index is 14.2. The molecule has 4 rings (SSSR count). The summed E-state index contributed by atoms with van der Waals surface area (Å²) in [7, 11) is 0. The average molecular weight is 347 g/mol. The smallest absolute Gasteiger partial charge is 0.240 e. The molecule has 0 unspecified atom stereocenters. The Hall–Kier alpha value is -3.66. The van der Waals surface area contributed by atoms with Gasteiger partial charge in [-0.05, 0) is 29.8 Å². The molecule has 0 saturated heterocycles. The fraction of sp³-hybridized carbons (Fsp3) is 0.0526. The van der Waals surface area contributed by atoms with Gasteiger partial charge in [0, 0.05) is 41.2 Å². The average Bonchev–Trinajstić information content (AvgIpc) is 3.07. The molecule has 26 heavy (non-hydrogen) atoms. The highest BCUT2D eigenvalue weighted by atomic mass is 19.1. The van der Waals surface area contributed by atoms with Crippen LogP contribution in [-0.4, -0.2) is 19.7 Å². The minimum absolute atomic E-state index is 0.110. The lowest BCUT2D eigenvalue weighted by Crippen LogP contribution is -2.01. The lowest BCUT2D eigenvalue weighted by molar-refractivity contribution is 0.574. The topological polar surface area (TPSA) is 48.0 Å². The molecule has 0 spiro atoms. The van der Waals surface area contributed by atoms with E-state index in [0.717, 1.165) is 22.8 Å². The van der Waals surface area contributed by atoms with Crippen LogP contribution in [0.5, 0.6) is 0 Å². The fourth-order valence-electron chi connectivity index (χ4n) is 2.88. The molecular weight excluding hydrogens is 336 g/mol. The number of nitrogens with zero attached hydrogens (tertiary/aromatic N) is 5. The monoisotopic (exact) mass is 347 g/mol. The molecular formula is C19H11F2N5. The first-order valence-corrected chi connectivity index (χ1v) is 7.73. The summed E-state index contributed by atoms with van der Waals surface area (Å²) >= 11 is 0. The van der Waals surface area contributed by atoms with Crippen LogP contribution < -0.4 is 0 Å². The Morgan fingerprint density at radius 2 is 1.92 bits per heavy atom. The van der Waals surface area contributed by atoms with Crippen molar-refractivity contribution < 1.29 is 8.78 Å². The number of fused-ring (bicyclic) bond motifs is 1. The number of benzene rings is 1. The van der Waals surface area contributed by atoms with Crippen molar-refractivity contribution in [1.29, 1.82) is 0 Å². The number of rotatable bonds is 3. The second kappa shape index (κ2) is 6.33. The summed E-state index contributed by atoms with van der Waals surface area (Å²) in [5.41, 5.74) is 2.98. The second-order valence-corrected chi connectivity index (χ2v) is 5.60. The third-order valence-corrected chi connectivity index (χ3v) is 4.06. The maximum Gasteiger partial charge on any atom is 0.240 e. The molecule has 3 heterocycles. The van der Waals surface area contributed by atoms with Gasteiger partial charge in [-0.15, -0.1) is 0 Å². The number of aromatic nitrogens is 4. The summed E-state index contributed by atoms with van der Waals surface area (Å²) in [5, 5.41) is 4.92. The zero-order valence-electron chi connectivity index (χ0n) is 13.4. The normalized spacial score (nSPS) is 10.8. The molecule has 3 aromatic heterocycles. The Morgan fingerprint density at radius 1 is 1.04 bits per heavy atom. The van der Waals surface area contributed by atoms with Gasteiger partial charge in [0.05, 0.1) is 6.20 Å². The van der Waals surface area contributed by atoms with Crippen LogP contribution in [0.4, 0.5) is 8.78 Å². The van der Waals surface area contributed by atoms with E-state index in [0.29, 0.717) is 11.0 Å². The largest absolute Gasteiger partial charge is 0.312 e. The fourth-order valence-corrected chi connectivity index (χ4v) is 2.88. The number of pyridine rings is 2. The zero-order chi connectivity index (χ0) is 18.1. The van der Waals surface area contributed by atoms with E-state index in [4.69, 9.17) is 6.57 Å². The van der Waals surface area contributed by atoms with Crippen LogP contribution in [0.1, 0.15) is 5.56 Å². The lowest BCUT2D eigenvalue weighted by atomic mass is 10.0. The van der Waals surface area contributed by atoms with Crippen LogP contribution >= 0.6 is 0 Å². The molecule has 126 valence electrons. The molecule has 0 aliphatic carbocycles. The van der Waals surface area contributed by atoms with Crippen molar-refractivity contribution in [1.82, 2.24) is 19.7 Å². The zero-order valence-corrected chi connectivity index (χ0v) is 13.4. The van der Waals surface area contributed by atoms with Crippen LogP contribution in [0.2, 0.25) is 0 Å². The van der Waals surface area contributed by atoms with Crippen molar-refractivity contribution in [2.45, 2.75) is 6.54 Å². The van der Waals surface area contributed by atoms with Gasteiger partial charge in [0.15, 0.2) is 11.5 Å². The lowest BCUT2D eigenvalue weighted by Gasteiger charge is -2.07. The Kier molecular flexibility index (Phi) is 3.86. The van der Waals surface area contributed by atoms with Gasteiger partial charge in [0.25, 0.3) is 0 Å². The van der Waals surface area contributed by atoms with E-state index in [1.165, 1.54) is 16.8 Å². The van der Waals surface area contributed by atoms with Gasteiger partial charge < -0.3 is 4.85 Å². The van der Waals surface area contributed by atoms with Gasteiger partial charge in [-0.1, -0.05) is 0 Å². The molecule has 0 fully saturated rings. The van der Waals surface area contributed by atoms with Crippen LogP contribution in [0, 0.1) is 18.2 Å². The van der Waals surface area contributed by atoms with Crippen LogP contribution in [0.3, 0.4) is 0 Å². The van der Waals surface area contributed by atoms with Crippen LogP contribution in [-0.2, 0) is 6.54 Å². The molecule has 0 amide bonds. The van der Waals surface area contributed by atoms with Crippen LogP contribution in [0.15, 0.2) is 55.1 Å². The molecule has 0 radical (unpaired) electrons. The summed E-state index contributed by atoms with van der Waals surface area (Å²) in [5.74, 6) is -1.38. The molecule has 0 bridgehead atoms. The molecule has 0 saturated carbocycles. The first-order valence-electron chi connectivity index (χ1n) is 7.73. The highest BCUT2D eigenvalue weighted by Crippen LogP contribution is 2.31. The summed E-state index contributed by atoms with van der Waals surface area (Å²) in [6.45, 7) is 7.35. The molecule has 5 nitrogen and oxygen atoms in total. The third-order valence-electron chi connectivity index (χ3n) is 4.06. The van der Waals surface area contributed by atoms with Gasteiger partial charge >= 0.3 is 0 Å². The van der Waals surface area contributed by atoms with Gasteiger partial charge in [0.2, 0.25) is 6.54 Å². The predicted octanol–water partition coefficient (Wildman–Crippen LogP) is 4.18. The van der Waals surface area contributed by atoms with Gasteiger partial charge in [-0.3, -0.25) is 4.98 Å². The molecule has 0 aliphatic heterocycles. The Bertz CT molecular complexity index is 1160. The highest BCUT2D eigenvalue weighted by molar-refractivity contribution is 5.93. The highest BCUT2D eigenvalue weighted by Gasteiger charge is 2.16. The van der Waals surface area contributed by atoms with E-state index in [1.807, 2.05) is 0 Å². The molecule has 0 atom stereocenters. The van der Waals surface area contributed by atoms with Gasteiger partial charge in [0.1, 0.15) is 11.5 Å². The molecule has 7 heteroatoms. The van der Waals surface area contributed by atoms with E-state index in [9.17, 15) is 8.78 Å². The number of hydrogen-bond acceptors (Lipinski definition) is 3. The van der Waals surface area contributed by atoms with E-state index in [1.54, 1.807) is 36.9 Å². The van der Waals surface area contributed by atoms with Gasteiger partial charge in [-0.25, -0.2) is 25.0 Å². The second-order valence-electron chi connectivity index (χ2n) is 5.60. The summed E-state index contributed by atoms with van der Waals surface area (Å²) in [4.78, 5) is 11.9. The maximum atomic E-state index is 14.2. The Balaban J connectivity index is 1.93. The number of hydrogen-bond donors (Lipinski definition) is 0. The minimum Gasteiger partial charge on any atom is -0.312 e. The molecule has 4 aromatic rings. The SMILES string of the molecule is [C-]#[N+]Cc1ccncc1-c1ccnc2c1cnn2-c1ccc(F)cc1F. The molecule has 0 aliphatic rings. The minimum atomic E-state index is -0.725. The van der Waals surface area contributed by atoms with Crippen molar-refractivity contribution in [2.75, 3.05) is 0 Å². The van der Waals surface area contributed by atoms with Crippen molar-refractivity contribution in [3.8, 4) is 16.8 Å². The van der Waals surface area contributed by atoms with Crippen molar-refractivity contribution in [2.24, 2.45) is 0 Å². The Labute approximate surface area is 147 Å².